The lowest BCUT2D eigenvalue weighted by Gasteiger charge is -2.12. The van der Waals surface area contributed by atoms with Crippen LogP contribution < -0.4 is 20.3 Å². The zero-order valence-corrected chi connectivity index (χ0v) is 13.4. The van der Waals surface area contributed by atoms with E-state index in [-0.39, 0.29) is 22.0 Å². The maximum atomic E-state index is 12.2. The van der Waals surface area contributed by atoms with Gasteiger partial charge in [0.25, 0.3) is 11.8 Å². The Labute approximate surface area is 136 Å². The third-order valence-corrected chi connectivity index (χ3v) is 3.16. The van der Waals surface area contributed by atoms with Crippen molar-refractivity contribution >= 4 is 23.4 Å². The summed E-state index contributed by atoms with van der Waals surface area (Å²) in [5.74, 6) is -0.142. The number of aromatic nitrogens is 1. The molecule has 0 aliphatic rings. The number of benzene rings is 1. The Morgan fingerprint density at radius 3 is 2.30 bits per heavy atom. The van der Waals surface area contributed by atoms with Gasteiger partial charge in [-0.15, -0.1) is 0 Å². The highest BCUT2D eigenvalue weighted by atomic mass is 35.5. The average Bonchev–Trinajstić information content (AvgIpc) is 2.98. The van der Waals surface area contributed by atoms with Crippen LogP contribution >= 0.6 is 11.6 Å². The summed E-state index contributed by atoms with van der Waals surface area (Å²) in [5, 5.41) is 3.77. The van der Waals surface area contributed by atoms with E-state index in [2.05, 4.69) is 16.0 Å². The van der Waals surface area contributed by atoms with E-state index in [1.807, 2.05) is 0 Å². The van der Waals surface area contributed by atoms with E-state index < -0.39 is 11.8 Å². The Morgan fingerprint density at radius 2 is 1.74 bits per heavy atom. The third-order valence-electron chi connectivity index (χ3n) is 2.87. The molecule has 0 saturated heterocycles. The summed E-state index contributed by atoms with van der Waals surface area (Å²) in [4.78, 5) is 24.0. The number of amides is 2. The lowest BCUT2D eigenvalue weighted by Crippen LogP contribution is -2.41. The molecule has 0 bridgehead atoms. The number of rotatable bonds is 4. The molecule has 1 aromatic heterocycles. The number of hydrogen-bond donors (Lipinski definition) is 2. The van der Waals surface area contributed by atoms with Crippen molar-refractivity contribution in [2.45, 2.75) is 6.92 Å². The van der Waals surface area contributed by atoms with Gasteiger partial charge in [-0.25, -0.2) is 0 Å². The summed E-state index contributed by atoms with van der Waals surface area (Å²) >= 11 is 5.99. The zero-order chi connectivity index (χ0) is 17.0. The van der Waals surface area contributed by atoms with E-state index in [4.69, 9.17) is 25.6 Å². The van der Waals surface area contributed by atoms with Crippen molar-refractivity contribution in [3.63, 3.8) is 0 Å². The summed E-state index contributed by atoms with van der Waals surface area (Å²) in [5.41, 5.74) is 4.64. The molecular weight excluding hydrogens is 326 g/mol. The van der Waals surface area contributed by atoms with Crippen molar-refractivity contribution in [2.24, 2.45) is 0 Å². The maximum Gasteiger partial charge on any atom is 0.291 e. The molecular formula is C14H14ClN3O5. The Morgan fingerprint density at radius 1 is 1.09 bits per heavy atom. The molecule has 2 rings (SSSR count). The van der Waals surface area contributed by atoms with Crippen LogP contribution in [0.4, 0.5) is 0 Å². The Balaban J connectivity index is 2.11. The summed E-state index contributed by atoms with van der Waals surface area (Å²) in [6.45, 7) is 1.65. The van der Waals surface area contributed by atoms with Crippen LogP contribution in [0.2, 0.25) is 5.02 Å². The number of carbonyl (C=O) groups is 2. The fraction of sp³-hybridized carbons (Fsp3) is 0.214. The van der Waals surface area contributed by atoms with Crippen LogP contribution in [0.1, 0.15) is 26.6 Å². The number of hydrogen-bond acceptors (Lipinski definition) is 6. The van der Waals surface area contributed by atoms with E-state index >= 15 is 0 Å². The summed E-state index contributed by atoms with van der Waals surface area (Å²) in [6.07, 6.45) is 0. The van der Waals surface area contributed by atoms with Gasteiger partial charge in [0.2, 0.25) is 0 Å². The minimum Gasteiger partial charge on any atom is -0.496 e. The van der Waals surface area contributed by atoms with Gasteiger partial charge in [0, 0.05) is 12.1 Å². The molecule has 0 fully saturated rings. The van der Waals surface area contributed by atoms with E-state index in [0.717, 1.165) is 0 Å². The molecule has 9 heteroatoms. The fourth-order valence-electron chi connectivity index (χ4n) is 1.76. The number of carbonyl (C=O) groups excluding carboxylic acids is 2. The number of halogens is 1. The van der Waals surface area contributed by atoms with Crippen LogP contribution in [0.15, 0.2) is 22.7 Å². The molecule has 0 aliphatic carbocycles. The third kappa shape index (κ3) is 3.72. The Hall–Kier alpha value is -2.74. The normalized spacial score (nSPS) is 10.1. The van der Waals surface area contributed by atoms with Gasteiger partial charge in [-0.2, -0.15) is 0 Å². The largest absolute Gasteiger partial charge is 0.496 e. The molecule has 1 aromatic carbocycles. The van der Waals surface area contributed by atoms with Crippen molar-refractivity contribution < 1.29 is 23.6 Å². The lowest BCUT2D eigenvalue weighted by molar-refractivity contribution is 0.0839. The molecule has 2 amide bonds. The highest BCUT2D eigenvalue weighted by Gasteiger charge is 2.18. The highest BCUT2D eigenvalue weighted by Crippen LogP contribution is 2.32. The number of hydrazine groups is 1. The SMILES string of the molecule is COc1cc(OC)c(C(=O)NNC(=O)c2cc(C)on2)cc1Cl. The predicted molar refractivity (Wildman–Crippen MR) is 80.7 cm³/mol. The predicted octanol–water partition coefficient (Wildman–Crippen LogP) is 1.73. The van der Waals surface area contributed by atoms with Gasteiger partial charge in [-0.1, -0.05) is 16.8 Å². The second-order valence-corrected chi connectivity index (χ2v) is 4.83. The van der Waals surface area contributed by atoms with Crippen LogP contribution in [-0.4, -0.2) is 31.2 Å². The molecule has 0 aliphatic heterocycles. The van der Waals surface area contributed by atoms with E-state index in [0.29, 0.717) is 11.5 Å². The first-order valence-electron chi connectivity index (χ1n) is 6.41. The average molecular weight is 340 g/mol. The van der Waals surface area contributed by atoms with Gasteiger partial charge >= 0.3 is 0 Å². The molecule has 8 nitrogen and oxygen atoms in total. The van der Waals surface area contributed by atoms with Crippen molar-refractivity contribution in [3.05, 3.63) is 40.2 Å². The van der Waals surface area contributed by atoms with Crippen molar-refractivity contribution in [3.8, 4) is 11.5 Å². The lowest BCUT2D eigenvalue weighted by atomic mass is 10.2. The van der Waals surface area contributed by atoms with Crippen LogP contribution in [0.25, 0.3) is 0 Å². The number of nitrogens with zero attached hydrogens (tertiary/aromatic N) is 1. The van der Waals surface area contributed by atoms with Gasteiger partial charge in [-0.3, -0.25) is 20.4 Å². The van der Waals surface area contributed by atoms with E-state index in [1.165, 1.54) is 32.4 Å². The molecule has 23 heavy (non-hydrogen) atoms. The second-order valence-electron chi connectivity index (χ2n) is 4.42. The molecule has 0 atom stereocenters. The number of nitrogens with one attached hydrogen (secondary N) is 2. The van der Waals surface area contributed by atoms with Gasteiger partial charge in [0.1, 0.15) is 17.3 Å². The monoisotopic (exact) mass is 339 g/mol. The molecule has 0 saturated carbocycles. The first-order chi connectivity index (χ1) is 11.0. The van der Waals surface area contributed by atoms with Crippen molar-refractivity contribution in [1.82, 2.24) is 16.0 Å². The van der Waals surface area contributed by atoms with Crippen molar-refractivity contribution in [1.29, 1.82) is 0 Å². The van der Waals surface area contributed by atoms with Gasteiger partial charge in [0.05, 0.1) is 24.8 Å². The smallest absolute Gasteiger partial charge is 0.291 e. The molecule has 2 aromatic rings. The highest BCUT2D eigenvalue weighted by molar-refractivity contribution is 6.32. The van der Waals surface area contributed by atoms with Crippen LogP contribution in [0, 0.1) is 6.92 Å². The number of methoxy groups -OCH3 is 2. The maximum absolute atomic E-state index is 12.2. The zero-order valence-electron chi connectivity index (χ0n) is 12.6. The first-order valence-corrected chi connectivity index (χ1v) is 6.79. The molecule has 1 heterocycles. The minimum atomic E-state index is -0.617. The number of aryl methyl sites for hydroxylation is 1. The topological polar surface area (TPSA) is 103 Å². The minimum absolute atomic E-state index is 0.0440. The second kappa shape index (κ2) is 7.01. The summed E-state index contributed by atoms with van der Waals surface area (Å²) in [7, 11) is 2.84. The molecule has 0 radical (unpaired) electrons. The molecule has 122 valence electrons. The van der Waals surface area contributed by atoms with Crippen LogP contribution in [0.5, 0.6) is 11.5 Å². The van der Waals surface area contributed by atoms with Crippen molar-refractivity contribution in [2.75, 3.05) is 14.2 Å². The number of ether oxygens (including phenoxy) is 2. The standard InChI is InChI=1S/C14H14ClN3O5/c1-7-4-10(18-23-7)14(20)17-16-13(19)8-5-9(15)12(22-3)6-11(8)21-2/h4-6H,1-3H3,(H,16,19)(H,17,20). The molecule has 0 unspecified atom stereocenters. The Kier molecular flexibility index (Phi) is 5.07. The summed E-state index contributed by atoms with van der Waals surface area (Å²) < 4.78 is 14.9. The van der Waals surface area contributed by atoms with Gasteiger partial charge < -0.3 is 14.0 Å². The first kappa shape index (κ1) is 16.6. The fourth-order valence-corrected chi connectivity index (χ4v) is 2.00. The van der Waals surface area contributed by atoms with Crippen LogP contribution in [0.3, 0.4) is 0 Å². The van der Waals surface area contributed by atoms with Gasteiger partial charge in [0.15, 0.2) is 5.69 Å². The molecule has 2 N–H and O–H groups in total. The molecule has 0 spiro atoms. The van der Waals surface area contributed by atoms with E-state index in [9.17, 15) is 9.59 Å². The van der Waals surface area contributed by atoms with E-state index in [1.54, 1.807) is 6.92 Å². The summed E-state index contributed by atoms with van der Waals surface area (Å²) in [6, 6.07) is 4.29. The Bertz CT molecular complexity index is 744. The quantitative estimate of drug-likeness (QED) is 0.822. The van der Waals surface area contributed by atoms with Crippen LogP contribution in [-0.2, 0) is 0 Å². The van der Waals surface area contributed by atoms with Gasteiger partial charge in [-0.05, 0) is 13.0 Å².